The van der Waals surface area contributed by atoms with E-state index >= 15 is 0 Å². The first-order valence-corrected chi connectivity index (χ1v) is 6.58. The smallest absolute Gasteiger partial charge is 0.178 e. The molecule has 2 aromatic rings. The van der Waals surface area contributed by atoms with E-state index in [4.69, 9.17) is 4.74 Å². The van der Waals surface area contributed by atoms with E-state index in [2.05, 4.69) is 5.32 Å². The Morgan fingerprint density at radius 2 is 2.26 bits per heavy atom. The summed E-state index contributed by atoms with van der Waals surface area (Å²) >= 11 is 0. The fourth-order valence-corrected chi connectivity index (χ4v) is 2.33. The number of Topliss-reactive ketones (excluding diaryl/α,β-unsaturated/α-hetero) is 1. The van der Waals surface area contributed by atoms with Crippen LogP contribution in [0.25, 0.3) is 10.9 Å². The third-order valence-electron chi connectivity index (χ3n) is 3.63. The lowest BCUT2D eigenvalue weighted by molar-refractivity contribution is 0.0992. The summed E-state index contributed by atoms with van der Waals surface area (Å²) in [4.78, 5) is 12.3. The summed E-state index contributed by atoms with van der Waals surface area (Å²) in [6.07, 6.45) is 4.29. The number of fused-ring (bicyclic) bond motifs is 1. The van der Waals surface area contributed by atoms with Crippen LogP contribution in [0, 0.1) is 0 Å². The van der Waals surface area contributed by atoms with Crippen LogP contribution in [0.2, 0.25) is 0 Å². The van der Waals surface area contributed by atoms with Gasteiger partial charge in [0, 0.05) is 36.3 Å². The van der Waals surface area contributed by atoms with Crippen LogP contribution in [0.1, 0.15) is 23.2 Å². The van der Waals surface area contributed by atoms with Crippen molar-refractivity contribution in [1.29, 1.82) is 0 Å². The predicted molar refractivity (Wildman–Crippen MR) is 74.8 cm³/mol. The summed E-state index contributed by atoms with van der Waals surface area (Å²) < 4.78 is 7.20. The number of rotatable bonds is 5. The van der Waals surface area contributed by atoms with Gasteiger partial charge in [-0.25, -0.2) is 0 Å². The number of ether oxygens (including phenoxy) is 1. The molecule has 3 rings (SSSR count). The second kappa shape index (κ2) is 4.70. The number of aromatic nitrogens is 1. The molecule has 0 unspecified atom stereocenters. The van der Waals surface area contributed by atoms with Crippen molar-refractivity contribution in [2.45, 2.75) is 18.9 Å². The molecular weight excluding hydrogens is 240 g/mol. The Balaban J connectivity index is 1.91. The molecule has 1 heterocycles. The molecule has 4 heteroatoms. The maximum atomic E-state index is 12.3. The summed E-state index contributed by atoms with van der Waals surface area (Å²) in [7, 11) is 3.60. The Labute approximate surface area is 112 Å². The lowest BCUT2D eigenvalue weighted by atomic mass is 10.1. The molecule has 0 saturated heterocycles. The first-order valence-electron chi connectivity index (χ1n) is 6.58. The summed E-state index contributed by atoms with van der Waals surface area (Å²) in [6.45, 7) is 0.426. The summed E-state index contributed by atoms with van der Waals surface area (Å²) in [5.41, 5.74) is 1.81. The molecule has 1 aromatic carbocycles. The van der Waals surface area contributed by atoms with Crippen molar-refractivity contribution in [2.75, 3.05) is 13.7 Å². The molecule has 0 atom stereocenters. The number of nitrogens with zero attached hydrogens (tertiary/aromatic N) is 1. The van der Waals surface area contributed by atoms with Crippen LogP contribution >= 0.6 is 0 Å². The quantitative estimate of drug-likeness (QED) is 0.835. The fraction of sp³-hybridized carbons (Fsp3) is 0.400. The molecule has 1 saturated carbocycles. The van der Waals surface area contributed by atoms with Crippen LogP contribution in [-0.4, -0.2) is 30.0 Å². The number of hydrogen-bond donors (Lipinski definition) is 1. The van der Waals surface area contributed by atoms with Gasteiger partial charge in [-0.1, -0.05) is 0 Å². The van der Waals surface area contributed by atoms with E-state index in [9.17, 15) is 4.79 Å². The lowest BCUT2D eigenvalue weighted by Crippen LogP contribution is -2.24. The number of nitrogens with one attached hydrogen (secondary N) is 1. The molecule has 1 aliphatic carbocycles. The zero-order chi connectivity index (χ0) is 13.4. The van der Waals surface area contributed by atoms with E-state index in [1.165, 1.54) is 12.8 Å². The molecule has 100 valence electrons. The van der Waals surface area contributed by atoms with Gasteiger partial charge in [0.2, 0.25) is 0 Å². The van der Waals surface area contributed by atoms with Crippen molar-refractivity contribution in [3.05, 3.63) is 30.0 Å². The Kier molecular flexibility index (Phi) is 3.03. The second-order valence-electron chi connectivity index (χ2n) is 5.12. The Hall–Kier alpha value is -1.81. The minimum atomic E-state index is 0.155. The molecule has 0 amide bonds. The van der Waals surface area contributed by atoms with E-state index in [-0.39, 0.29) is 5.78 Å². The number of benzene rings is 1. The average molecular weight is 258 g/mol. The van der Waals surface area contributed by atoms with Crippen molar-refractivity contribution >= 4 is 16.7 Å². The maximum absolute atomic E-state index is 12.3. The van der Waals surface area contributed by atoms with E-state index in [0.29, 0.717) is 12.6 Å². The molecule has 4 nitrogen and oxygen atoms in total. The lowest BCUT2D eigenvalue weighted by Gasteiger charge is -2.02. The highest BCUT2D eigenvalue weighted by Gasteiger charge is 2.22. The molecule has 0 radical (unpaired) electrons. The number of ketones is 1. The average Bonchev–Trinajstić information content (AvgIpc) is 3.20. The topological polar surface area (TPSA) is 43.3 Å². The van der Waals surface area contributed by atoms with Crippen molar-refractivity contribution in [2.24, 2.45) is 7.05 Å². The normalized spacial score (nSPS) is 14.8. The maximum Gasteiger partial charge on any atom is 0.178 e. The highest BCUT2D eigenvalue weighted by atomic mass is 16.5. The van der Waals surface area contributed by atoms with Crippen LogP contribution in [0.5, 0.6) is 5.75 Å². The molecular formula is C15H18N2O2. The molecule has 0 aliphatic heterocycles. The molecule has 1 N–H and O–H groups in total. The zero-order valence-electron chi connectivity index (χ0n) is 11.3. The van der Waals surface area contributed by atoms with Crippen molar-refractivity contribution < 1.29 is 9.53 Å². The van der Waals surface area contributed by atoms with E-state index in [1.54, 1.807) is 7.11 Å². The largest absolute Gasteiger partial charge is 0.497 e. The van der Waals surface area contributed by atoms with Gasteiger partial charge in [-0.3, -0.25) is 4.79 Å². The fourth-order valence-electron chi connectivity index (χ4n) is 2.33. The van der Waals surface area contributed by atoms with Crippen LogP contribution < -0.4 is 10.1 Å². The van der Waals surface area contributed by atoms with E-state index < -0.39 is 0 Å². The monoisotopic (exact) mass is 258 g/mol. The van der Waals surface area contributed by atoms with Gasteiger partial charge in [-0.2, -0.15) is 0 Å². The van der Waals surface area contributed by atoms with Crippen molar-refractivity contribution in [3.8, 4) is 5.75 Å². The van der Waals surface area contributed by atoms with Crippen LogP contribution in [-0.2, 0) is 7.05 Å². The van der Waals surface area contributed by atoms with Gasteiger partial charge in [0.05, 0.1) is 19.2 Å². The summed E-state index contributed by atoms with van der Waals surface area (Å²) in [5, 5.41) is 4.26. The van der Waals surface area contributed by atoms with Gasteiger partial charge < -0.3 is 14.6 Å². The number of carbonyl (C=O) groups is 1. The van der Waals surface area contributed by atoms with Gasteiger partial charge in [0.25, 0.3) is 0 Å². The van der Waals surface area contributed by atoms with E-state index in [1.807, 2.05) is 36.0 Å². The molecule has 0 spiro atoms. The standard InChI is InChI=1S/C15H18N2O2/c1-17-9-13(15(18)8-16-10-3-4-10)12-6-5-11(19-2)7-14(12)17/h5-7,9-10,16H,3-4,8H2,1-2H3. The highest BCUT2D eigenvalue weighted by Crippen LogP contribution is 2.25. The Bertz CT molecular complexity index is 626. The second-order valence-corrected chi connectivity index (χ2v) is 5.12. The van der Waals surface area contributed by atoms with Crippen LogP contribution in [0.15, 0.2) is 24.4 Å². The van der Waals surface area contributed by atoms with Gasteiger partial charge >= 0.3 is 0 Å². The first kappa shape index (κ1) is 12.2. The first-order chi connectivity index (χ1) is 9.19. The highest BCUT2D eigenvalue weighted by molar-refractivity contribution is 6.09. The zero-order valence-corrected chi connectivity index (χ0v) is 11.3. The minimum absolute atomic E-state index is 0.155. The van der Waals surface area contributed by atoms with Crippen molar-refractivity contribution in [3.63, 3.8) is 0 Å². The number of carbonyl (C=O) groups excluding carboxylic acids is 1. The third kappa shape index (κ3) is 2.36. The van der Waals surface area contributed by atoms with Crippen LogP contribution in [0.3, 0.4) is 0 Å². The number of methoxy groups -OCH3 is 1. The van der Waals surface area contributed by atoms with Gasteiger partial charge in [0.1, 0.15) is 5.75 Å². The number of aryl methyl sites for hydroxylation is 1. The van der Waals surface area contributed by atoms with Crippen molar-refractivity contribution in [1.82, 2.24) is 9.88 Å². The third-order valence-corrected chi connectivity index (χ3v) is 3.63. The van der Waals surface area contributed by atoms with Crippen LogP contribution in [0.4, 0.5) is 0 Å². The molecule has 1 fully saturated rings. The molecule has 1 aromatic heterocycles. The SMILES string of the molecule is COc1ccc2c(C(=O)CNC3CC3)cn(C)c2c1. The molecule has 0 bridgehead atoms. The summed E-state index contributed by atoms with van der Waals surface area (Å²) in [6, 6.07) is 6.37. The number of hydrogen-bond acceptors (Lipinski definition) is 3. The minimum Gasteiger partial charge on any atom is -0.497 e. The Morgan fingerprint density at radius 1 is 1.47 bits per heavy atom. The van der Waals surface area contributed by atoms with Gasteiger partial charge in [0.15, 0.2) is 5.78 Å². The molecule has 19 heavy (non-hydrogen) atoms. The van der Waals surface area contributed by atoms with Gasteiger partial charge in [-0.05, 0) is 25.0 Å². The Morgan fingerprint density at radius 3 is 2.95 bits per heavy atom. The molecule has 1 aliphatic rings. The summed E-state index contributed by atoms with van der Waals surface area (Å²) in [5.74, 6) is 0.964. The van der Waals surface area contributed by atoms with E-state index in [0.717, 1.165) is 22.2 Å². The van der Waals surface area contributed by atoms with Gasteiger partial charge in [-0.15, -0.1) is 0 Å². The predicted octanol–water partition coefficient (Wildman–Crippen LogP) is 2.12.